The summed E-state index contributed by atoms with van der Waals surface area (Å²) in [6.45, 7) is 6.43. The number of hydrogen-bond donors (Lipinski definition) is 0. The Morgan fingerprint density at radius 3 is 2.29 bits per heavy atom. The second kappa shape index (κ2) is 7.49. The van der Waals surface area contributed by atoms with E-state index in [1.807, 2.05) is 13.8 Å². The van der Waals surface area contributed by atoms with E-state index in [-0.39, 0.29) is 17.4 Å². The standard InChI is InChI=1S/C18H24N4O2/c1-13(7-6-11-18(2,3)20-21-19)10-12-22-16(23)14-8-4-5-9-15(14)17(22)24/h4-5,8-9,13H,6-7,10-12H2,1-3H3. The van der Waals surface area contributed by atoms with Gasteiger partial charge in [0.2, 0.25) is 0 Å². The van der Waals surface area contributed by atoms with Crippen LogP contribution in [0.2, 0.25) is 0 Å². The van der Waals surface area contributed by atoms with Gasteiger partial charge in [-0.1, -0.05) is 50.9 Å². The van der Waals surface area contributed by atoms with Gasteiger partial charge >= 0.3 is 0 Å². The number of benzene rings is 1. The Balaban J connectivity index is 1.81. The summed E-state index contributed by atoms with van der Waals surface area (Å²) in [6, 6.07) is 6.97. The van der Waals surface area contributed by atoms with E-state index < -0.39 is 0 Å². The van der Waals surface area contributed by atoms with Gasteiger partial charge in [0.1, 0.15) is 0 Å². The molecule has 2 rings (SSSR count). The number of hydrogen-bond acceptors (Lipinski definition) is 3. The number of carbonyl (C=O) groups is 2. The van der Waals surface area contributed by atoms with Crippen LogP contribution in [-0.4, -0.2) is 28.8 Å². The van der Waals surface area contributed by atoms with E-state index in [4.69, 9.17) is 5.53 Å². The molecule has 1 aromatic carbocycles. The maximum absolute atomic E-state index is 12.3. The molecule has 1 aliphatic rings. The topological polar surface area (TPSA) is 86.1 Å². The molecule has 128 valence electrons. The molecule has 1 unspecified atom stereocenters. The smallest absolute Gasteiger partial charge is 0.261 e. The molecule has 0 aromatic heterocycles. The number of imide groups is 1. The van der Waals surface area contributed by atoms with E-state index in [9.17, 15) is 9.59 Å². The fraction of sp³-hybridized carbons (Fsp3) is 0.556. The Bertz CT molecular complexity index is 642. The van der Waals surface area contributed by atoms with Crippen LogP contribution < -0.4 is 0 Å². The zero-order valence-corrected chi connectivity index (χ0v) is 14.5. The van der Waals surface area contributed by atoms with Crippen molar-refractivity contribution in [1.82, 2.24) is 4.90 Å². The van der Waals surface area contributed by atoms with Crippen LogP contribution in [0.25, 0.3) is 10.4 Å². The maximum Gasteiger partial charge on any atom is 0.261 e. The quantitative estimate of drug-likeness (QED) is 0.303. The van der Waals surface area contributed by atoms with E-state index in [0.717, 1.165) is 25.7 Å². The fourth-order valence-electron chi connectivity index (χ4n) is 2.99. The lowest BCUT2D eigenvalue weighted by molar-refractivity contribution is 0.0646. The van der Waals surface area contributed by atoms with Gasteiger partial charge < -0.3 is 0 Å². The largest absolute Gasteiger partial charge is 0.274 e. The average Bonchev–Trinajstić information content (AvgIpc) is 2.77. The summed E-state index contributed by atoms with van der Waals surface area (Å²) < 4.78 is 0. The third-order valence-electron chi connectivity index (χ3n) is 4.52. The lowest BCUT2D eigenvalue weighted by Crippen LogP contribution is -2.31. The molecule has 0 fully saturated rings. The van der Waals surface area contributed by atoms with Crippen LogP contribution in [0.1, 0.15) is 67.2 Å². The van der Waals surface area contributed by atoms with E-state index in [2.05, 4.69) is 16.9 Å². The number of nitrogens with zero attached hydrogens (tertiary/aromatic N) is 4. The summed E-state index contributed by atoms with van der Waals surface area (Å²) in [5.74, 6) is 0.0239. The van der Waals surface area contributed by atoms with Crippen LogP contribution in [0.15, 0.2) is 29.4 Å². The van der Waals surface area contributed by atoms with Gasteiger partial charge in [-0.05, 0) is 36.4 Å². The molecule has 1 aromatic rings. The van der Waals surface area contributed by atoms with E-state index in [1.54, 1.807) is 24.3 Å². The molecule has 0 N–H and O–H groups in total. The van der Waals surface area contributed by atoms with Crippen LogP contribution in [0, 0.1) is 5.92 Å². The molecule has 1 atom stereocenters. The zero-order chi connectivity index (χ0) is 17.7. The first-order valence-corrected chi connectivity index (χ1v) is 8.37. The van der Waals surface area contributed by atoms with Crippen molar-refractivity contribution in [3.8, 4) is 0 Å². The molecule has 0 saturated carbocycles. The first-order valence-electron chi connectivity index (χ1n) is 8.37. The second-order valence-electron chi connectivity index (χ2n) is 7.10. The zero-order valence-electron chi connectivity index (χ0n) is 14.5. The highest BCUT2D eigenvalue weighted by Crippen LogP contribution is 2.25. The molecule has 6 nitrogen and oxygen atoms in total. The van der Waals surface area contributed by atoms with Crippen molar-refractivity contribution in [1.29, 1.82) is 0 Å². The van der Waals surface area contributed by atoms with Crippen molar-refractivity contribution in [2.24, 2.45) is 11.0 Å². The Kier molecular flexibility index (Phi) is 5.62. The highest BCUT2D eigenvalue weighted by Gasteiger charge is 2.34. The molecule has 0 spiro atoms. The first-order chi connectivity index (χ1) is 11.4. The lowest BCUT2D eigenvalue weighted by atomic mass is 9.93. The van der Waals surface area contributed by atoms with Crippen molar-refractivity contribution in [2.45, 2.75) is 52.0 Å². The van der Waals surface area contributed by atoms with Crippen LogP contribution in [0.3, 0.4) is 0 Å². The molecule has 1 heterocycles. The maximum atomic E-state index is 12.3. The van der Waals surface area contributed by atoms with Gasteiger partial charge in [-0.15, -0.1) is 0 Å². The Labute approximate surface area is 142 Å². The van der Waals surface area contributed by atoms with Crippen molar-refractivity contribution >= 4 is 11.8 Å². The number of azide groups is 1. The molecule has 0 saturated heterocycles. The minimum atomic E-state index is -0.364. The first kappa shape index (κ1) is 18.0. The van der Waals surface area contributed by atoms with Gasteiger partial charge in [0.15, 0.2) is 0 Å². The molecule has 1 aliphatic heterocycles. The van der Waals surface area contributed by atoms with Crippen molar-refractivity contribution < 1.29 is 9.59 Å². The summed E-state index contributed by atoms with van der Waals surface area (Å²) in [4.78, 5) is 28.8. The normalized spacial score (nSPS) is 15.2. The predicted molar refractivity (Wildman–Crippen MR) is 92.7 cm³/mol. The highest BCUT2D eigenvalue weighted by atomic mass is 16.2. The number of fused-ring (bicyclic) bond motifs is 1. The van der Waals surface area contributed by atoms with Gasteiger partial charge in [-0.2, -0.15) is 0 Å². The molecule has 6 heteroatoms. The van der Waals surface area contributed by atoms with Crippen LogP contribution in [0.5, 0.6) is 0 Å². The van der Waals surface area contributed by atoms with E-state index in [0.29, 0.717) is 23.6 Å². The lowest BCUT2D eigenvalue weighted by Gasteiger charge is -2.20. The van der Waals surface area contributed by atoms with Gasteiger partial charge in [0.05, 0.1) is 11.1 Å². The van der Waals surface area contributed by atoms with Crippen LogP contribution in [-0.2, 0) is 0 Å². The Hall–Kier alpha value is -2.33. The molecule has 2 amide bonds. The monoisotopic (exact) mass is 328 g/mol. The summed E-state index contributed by atoms with van der Waals surface area (Å²) >= 11 is 0. The van der Waals surface area contributed by atoms with E-state index in [1.165, 1.54) is 4.90 Å². The van der Waals surface area contributed by atoms with Crippen molar-refractivity contribution in [2.75, 3.05) is 6.54 Å². The molecule has 0 radical (unpaired) electrons. The number of carbonyl (C=O) groups excluding carboxylic acids is 2. The van der Waals surface area contributed by atoms with Gasteiger partial charge in [-0.3, -0.25) is 14.5 Å². The predicted octanol–water partition coefficient (Wildman–Crippen LogP) is 4.57. The van der Waals surface area contributed by atoms with Crippen molar-refractivity contribution in [3.05, 3.63) is 45.8 Å². The number of rotatable bonds is 8. The molecular weight excluding hydrogens is 304 g/mol. The minimum Gasteiger partial charge on any atom is -0.274 e. The average molecular weight is 328 g/mol. The Morgan fingerprint density at radius 1 is 1.17 bits per heavy atom. The summed E-state index contributed by atoms with van der Waals surface area (Å²) in [5, 5.41) is 3.79. The third-order valence-corrected chi connectivity index (χ3v) is 4.52. The fourth-order valence-corrected chi connectivity index (χ4v) is 2.99. The number of amides is 2. The molecule has 24 heavy (non-hydrogen) atoms. The minimum absolute atomic E-state index is 0.188. The Morgan fingerprint density at radius 2 is 1.75 bits per heavy atom. The summed E-state index contributed by atoms with van der Waals surface area (Å²) in [7, 11) is 0. The molecular formula is C18H24N4O2. The van der Waals surface area contributed by atoms with Gasteiger partial charge in [0, 0.05) is 17.0 Å². The van der Waals surface area contributed by atoms with E-state index >= 15 is 0 Å². The summed E-state index contributed by atoms with van der Waals surface area (Å²) in [5.41, 5.74) is 9.18. The highest BCUT2D eigenvalue weighted by molar-refractivity contribution is 6.21. The van der Waals surface area contributed by atoms with Crippen LogP contribution >= 0.6 is 0 Å². The second-order valence-corrected chi connectivity index (χ2v) is 7.10. The molecule has 0 aliphatic carbocycles. The van der Waals surface area contributed by atoms with Gasteiger partial charge in [-0.25, -0.2) is 0 Å². The third kappa shape index (κ3) is 4.15. The molecule has 0 bridgehead atoms. The SMILES string of the molecule is CC(CCCC(C)(C)N=[N+]=[N-])CCN1C(=O)c2ccccc2C1=O. The van der Waals surface area contributed by atoms with Crippen molar-refractivity contribution in [3.63, 3.8) is 0 Å². The van der Waals surface area contributed by atoms with Crippen LogP contribution in [0.4, 0.5) is 0 Å². The van der Waals surface area contributed by atoms with Gasteiger partial charge in [0.25, 0.3) is 11.8 Å². The summed E-state index contributed by atoms with van der Waals surface area (Å²) in [6.07, 6.45) is 3.55.